The van der Waals surface area contributed by atoms with Gasteiger partial charge in [0.15, 0.2) is 0 Å². The molecule has 0 radical (unpaired) electrons. The summed E-state index contributed by atoms with van der Waals surface area (Å²) in [5.41, 5.74) is 2.60. The Balaban J connectivity index is 1.94. The third-order valence-electron chi connectivity index (χ3n) is 4.10. The molecule has 0 aliphatic heterocycles. The number of carbonyl (C=O) groups is 1. The third-order valence-corrected chi connectivity index (χ3v) is 4.10. The van der Waals surface area contributed by atoms with Crippen LogP contribution in [0.5, 0.6) is 11.5 Å². The molecule has 2 aromatic rings. The van der Waals surface area contributed by atoms with E-state index in [0.29, 0.717) is 24.5 Å². The summed E-state index contributed by atoms with van der Waals surface area (Å²) in [6, 6.07) is 14.8. The van der Waals surface area contributed by atoms with Gasteiger partial charge < -0.3 is 14.6 Å². The molecule has 2 rings (SSSR count). The summed E-state index contributed by atoms with van der Waals surface area (Å²) >= 11 is 0. The second-order valence-corrected chi connectivity index (χ2v) is 7.49. The number of hydrogen-bond acceptors (Lipinski definition) is 4. The van der Waals surface area contributed by atoms with E-state index in [2.05, 4.69) is 32.9 Å². The van der Waals surface area contributed by atoms with Gasteiger partial charge in [0.25, 0.3) is 0 Å². The van der Waals surface area contributed by atoms with Gasteiger partial charge in [-0.25, -0.2) is 4.79 Å². The fourth-order valence-corrected chi connectivity index (χ4v) is 2.65. The van der Waals surface area contributed by atoms with Crippen molar-refractivity contribution in [3.63, 3.8) is 0 Å². The van der Waals surface area contributed by atoms with Crippen LogP contribution in [-0.2, 0) is 10.2 Å². The van der Waals surface area contributed by atoms with Crippen LogP contribution in [0.4, 0.5) is 0 Å². The van der Waals surface area contributed by atoms with Crippen molar-refractivity contribution in [3.8, 4) is 17.6 Å². The topological polar surface area (TPSA) is 79.5 Å². The Morgan fingerprint density at radius 2 is 1.75 bits per heavy atom. The van der Waals surface area contributed by atoms with Gasteiger partial charge in [-0.05, 0) is 53.3 Å². The predicted octanol–water partition coefficient (Wildman–Crippen LogP) is 4.74. The first-order valence-corrected chi connectivity index (χ1v) is 9.02. The maximum atomic E-state index is 10.9. The summed E-state index contributed by atoms with van der Waals surface area (Å²) in [5, 5.41) is 17.7. The molecule has 0 aliphatic rings. The van der Waals surface area contributed by atoms with Crippen molar-refractivity contribution in [1.82, 2.24) is 0 Å². The van der Waals surface area contributed by atoms with Gasteiger partial charge in [-0.2, -0.15) is 5.26 Å². The van der Waals surface area contributed by atoms with E-state index >= 15 is 0 Å². The number of nitriles is 1. The largest absolute Gasteiger partial charge is 0.490 e. The van der Waals surface area contributed by atoms with Crippen molar-refractivity contribution in [1.29, 1.82) is 5.26 Å². The van der Waals surface area contributed by atoms with Gasteiger partial charge in [0.05, 0.1) is 0 Å². The second kappa shape index (κ2) is 9.09. The van der Waals surface area contributed by atoms with Gasteiger partial charge in [0.2, 0.25) is 0 Å². The molecule has 0 amide bonds. The predicted molar refractivity (Wildman–Crippen MR) is 109 cm³/mol. The summed E-state index contributed by atoms with van der Waals surface area (Å²) in [6.07, 6.45) is 1.32. The van der Waals surface area contributed by atoms with Crippen LogP contribution in [0.1, 0.15) is 37.5 Å². The van der Waals surface area contributed by atoms with E-state index in [4.69, 9.17) is 19.8 Å². The van der Waals surface area contributed by atoms with Crippen LogP contribution in [0.25, 0.3) is 6.08 Å². The monoisotopic (exact) mass is 379 g/mol. The Morgan fingerprint density at radius 1 is 1.11 bits per heavy atom. The lowest BCUT2D eigenvalue weighted by atomic mass is 9.86. The number of rotatable bonds is 7. The number of aryl methyl sites for hydroxylation is 1. The van der Waals surface area contributed by atoms with Crippen molar-refractivity contribution >= 4 is 12.0 Å². The average molecular weight is 379 g/mol. The highest BCUT2D eigenvalue weighted by atomic mass is 16.5. The molecule has 0 unspecified atom stereocenters. The second-order valence-electron chi connectivity index (χ2n) is 7.49. The number of aliphatic carboxylic acids is 1. The number of carboxylic acids is 1. The molecule has 0 heterocycles. The SMILES string of the molecule is Cc1ccc(C(C)(C)C)c(OCCOc2ccc(C=C(C#N)C(=O)O)cc2)c1. The first kappa shape index (κ1) is 21.0. The van der Waals surface area contributed by atoms with E-state index in [9.17, 15) is 4.79 Å². The molecule has 0 bridgehead atoms. The molecule has 2 aromatic carbocycles. The number of nitrogens with zero attached hydrogens (tertiary/aromatic N) is 1. The molecular formula is C23H25NO4. The van der Waals surface area contributed by atoms with E-state index in [1.165, 1.54) is 6.08 Å². The molecule has 0 fully saturated rings. The standard InChI is InChI=1S/C23H25NO4/c1-16-5-10-20(23(2,3)4)21(13-16)28-12-11-27-19-8-6-17(7-9-19)14-18(15-24)22(25)26/h5-10,13-14H,11-12H2,1-4H3,(H,25,26). The van der Waals surface area contributed by atoms with Crippen LogP contribution in [-0.4, -0.2) is 24.3 Å². The number of benzene rings is 2. The van der Waals surface area contributed by atoms with Gasteiger partial charge >= 0.3 is 5.97 Å². The molecule has 1 N–H and O–H groups in total. The number of ether oxygens (including phenoxy) is 2. The minimum Gasteiger partial charge on any atom is -0.490 e. The maximum absolute atomic E-state index is 10.9. The first-order chi connectivity index (χ1) is 13.2. The lowest BCUT2D eigenvalue weighted by Crippen LogP contribution is -2.16. The summed E-state index contributed by atoms with van der Waals surface area (Å²) in [6.45, 7) is 9.28. The normalized spacial score (nSPS) is 11.6. The van der Waals surface area contributed by atoms with Crippen LogP contribution in [0.3, 0.4) is 0 Å². The zero-order valence-corrected chi connectivity index (χ0v) is 16.7. The molecule has 146 valence electrons. The van der Waals surface area contributed by atoms with E-state index in [1.807, 2.05) is 13.0 Å². The molecule has 0 aliphatic carbocycles. The molecule has 28 heavy (non-hydrogen) atoms. The Kier molecular flexibility index (Phi) is 6.84. The van der Waals surface area contributed by atoms with Gasteiger partial charge in [0.1, 0.15) is 36.4 Å². The zero-order valence-electron chi connectivity index (χ0n) is 16.7. The molecule has 5 nitrogen and oxygen atoms in total. The van der Waals surface area contributed by atoms with Gasteiger partial charge in [0, 0.05) is 0 Å². The van der Waals surface area contributed by atoms with Crippen LogP contribution in [0.15, 0.2) is 48.0 Å². The Hall–Kier alpha value is -3.26. The smallest absolute Gasteiger partial charge is 0.346 e. The van der Waals surface area contributed by atoms with Crippen molar-refractivity contribution in [2.24, 2.45) is 0 Å². The molecule has 0 saturated heterocycles. The summed E-state index contributed by atoms with van der Waals surface area (Å²) in [5.74, 6) is 0.273. The average Bonchev–Trinajstić information content (AvgIpc) is 2.63. The molecule has 5 heteroatoms. The first-order valence-electron chi connectivity index (χ1n) is 9.02. The number of carboxylic acid groups (broad SMARTS) is 1. The van der Waals surface area contributed by atoms with Crippen molar-refractivity contribution < 1.29 is 19.4 Å². The molecule has 0 spiro atoms. The Bertz CT molecular complexity index is 900. The van der Waals surface area contributed by atoms with Crippen molar-refractivity contribution in [3.05, 3.63) is 64.7 Å². The minimum atomic E-state index is -1.24. The highest BCUT2D eigenvalue weighted by Crippen LogP contribution is 2.32. The van der Waals surface area contributed by atoms with E-state index in [1.54, 1.807) is 30.3 Å². The van der Waals surface area contributed by atoms with Crippen molar-refractivity contribution in [2.75, 3.05) is 13.2 Å². The van der Waals surface area contributed by atoms with Crippen molar-refractivity contribution in [2.45, 2.75) is 33.1 Å². The van der Waals surface area contributed by atoms with E-state index in [-0.39, 0.29) is 11.0 Å². The summed E-state index contributed by atoms with van der Waals surface area (Å²) in [4.78, 5) is 10.9. The van der Waals surface area contributed by atoms with Crippen LogP contribution in [0.2, 0.25) is 0 Å². The summed E-state index contributed by atoms with van der Waals surface area (Å²) < 4.78 is 11.6. The highest BCUT2D eigenvalue weighted by Gasteiger charge is 2.18. The van der Waals surface area contributed by atoms with Crippen LogP contribution < -0.4 is 9.47 Å². The molecule has 0 atom stereocenters. The Labute approximate surface area is 165 Å². The fraction of sp³-hybridized carbons (Fsp3) is 0.304. The van der Waals surface area contributed by atoms with Gasteiger partial charge in [-0.1, -0.05) is 45.0 Å². The maximum Gasteiger partial charge on any atom is 0.346 e. The van der Waals surface area contributed by atoms with E-state index < -0.39 is 5.97 Å². The van der Waals surface area contributed by atoms with Gasteiger partial charge in [-0.15, -0.1) is 0 Å². The Morgan fingerprint density at radius 3 is 2.32 bits per heavy atom. The highest BCUT2D eigenvalue weighted by molar-refractivity contribution is 5.96. The minimum absolute atomic E-state index is 0.00846. The molecule has 0 saturated carbocycles. The van der Waals surface area contributed by atoms with E-state index in [0.717, 1.165) is 16.9 Å². The third kappa shape index (κ3) is 5.88. The lowest BCUT2D eigenvalue weighted by molar-refractivity contribution is -0.132. The molecular weight excluding hydrogens is 354 g/mol. The molecule has 0 aromatic heterocycles. The fourth-order valence-electron chi connectivity index (χ4n) is 2.65. The zero-order chi connectivity index (χ0) is 20.7. The quantitative estimate of drug-likeness (QED) is 0.427. The van der Waals surface area contributed by atoms with Gasteiger partial charge in [-0.3, -0.25) is 0 Å². The number of hydrogen-bond donors (Lipinski definition) is 1. The van der Waals surface area contributed by atoms with Crippen LogP contribution >= 0.6 is 0 Å². The summed E-state index contributed by atoms with van der Waals surface area (Å²) in [7, 11) is 0. The van der Waals surface area contributed by atoms with Crippen LogP contribution in [0, 0.1) is 18.3 Å². The lowest BCUT2D eigenvalue weighted by Gasteiger charge is -2.23.